The van der Waals surface area contributed by atoms with E-state index < -0.39 is 0 Å². The Kier molecular flexibility index (Phi) is 8.79. The van der Waals surface area contributed by atoms with E-state index in [0.29, 0.717) is 28.3 Å². The fourth-order valence-electron chi connectivity index (χ4n) is 5.24. The van der Waals surface area contributed by atoms with E-state index in [9.17, 15) is 14.0 Å². The van der Waals surface area contributed by atoms with Gasteiger partial charge in [-0.05, 0) is 87.1 Å². The largest absolute Gasteiger partial charge is 0.352 e. The summed E-state index contributed by atoms with van der Waals surface area (Å²) >= 11 is 1.30. The number of carbonyl (C=O) groups is 2. The van der Waals surface area contributed by atoms with Crippen molar-refractivity contribution in [3.05, 3.63) is 100 Å². The van der Waals surface area contributed by atoms with Crippen LogP contribution in [0.5, 0.6) is 0 Å². The lowest BCUT2D eigenvalue weighted by atomic mass is 9.90. The highest BCUT2D eigenvalue weighted by molar-refractivity contribution is 8.04. The molecule has 2 aliphatic rings. The first-order valence-electron chi connectivity index (χ1n) is 13.6. The first kappa shape index (κ1) is 27.2. The van der Waals surface area contributed by atoms with Crippen LogP contribution in [0.2, 0.25) is 0 Å². The molecule has 2 heterocycles. The number of rotatable bonds is 8. The van der Waals surface area contributed by atoms with Crippen molar-refractivity contribution in [1.82, 2.24) is 10.2 Å². The number of likely N-dealkylation sites (N-methyl/N-ethyl adjacent to an activating group) is 1. The molecule has 1 fully saturated rings. The number of amides is 2. The lowest BCUT2D eigenvalue weighted by Gasteiger charge is -2.32. The van der Waals surface area contributed by atoms with Crippen molar-refractivity contribution in [3.8, 4) is 0 Å². The van der Waals surface area contributed by atoms with Gasteiger partial charge in [0.05, 0.1) is 10.6 Å². The number of fused-ring (bicyclic) bond motifs is 1. The van der Waals surface area contributed by atoms with Crippen LogP contribution in [0.15, 0.2) is 82.6 Å². The molecule has 202 valence electrons. The zero-order valence-electron chi connectivity index (χ0n) is 22.2. The first-order valence-corrected chi connectivity index (χ1v) is 14.4. The Morgan fingerprint density at radius 3 is 2.56 bits per heavy atom. The predicted molar refractivity (Wildman–Crippen MR) is 156 cm³/mol. The standard InChI is InChI=1S/C32H34FN3O2S/c1-35-28-21-26(12-13-29(28)39-30(32(35)38)22-25-10-5-6-11-27(25)33)31(37)34-16-7-17-36-18-14-24(15-19-36)20-23-8-3-2-4-9-23/h2-6,8-13,21-22,24H,7,14-20H2,1H3,(H,34,37)/b30-22-. The number of halogens is 1. The quantitative estimate of drug-likeness (QED) is 0.279. The molecule has 2 aliphatic heterocycles. The van der Waals surface area contributed by atoms with Crippen LogP contribution < -0.4 is 10.2 Å². The summed E-state index contributed by atoms with van der Waals surface area (Å²) in [5.41, 5.74) is 3.01. The molecule has 0 radical (unpaired) electrons. The smallest absolute Gasteiger partial charge is 0.264 e. The van der Waals surface area contributed by atoms with Gasteiger partial charge < -0.3 is 15.1 Å². The average molecular weight is 544 g/mol. The second kappa shape index (κ2) is 12.6. The van der Waals surface area contributed by atoms with E-state index in [2.05, 4.69) is 40.5 Å². The molecule has 0 aliphatic carbocycles. The lowest BCUT2D eigenvalue weighted by Crippen LogP contribution is -2.36. The number of nitrogens with one attached hydrogen (secondary N) is 1. The molecular formula is C32H34FN3O2S. The van der Waals surface area contributed by atoms with Crippen LogP contribution in [0, 0.1) is 11.7 Å². The molecule has 0 spiro atoms. The summed E-state index contributed by atoms with van der Waals surface area (Å²) < 4.78 is 14.1. The SMILES string of the molecule is CN1C(=O)/C(=C/c2ccccc2F)Sc2ccc(C(=O)NCCCN3CCC(Cc4ccccc4)CC3)cc21. The number of benzene rings is 3. The van der Waals surface area contributed by atoms with Crippen molar-refractivity contribution >= 4 is 35.3 Å². The minimum Gasteiger partial charge on any atom is -0.352 e. The molecule has 0 unspecified atom stereocenters. The van der Waals surface area contributed by atoms with Crippen LogP contribution in [-0.2, 0) is 11.2 Å². The van der Waals surface area contributed by atoms with Gasteiger partial charge in [0, 0.05) is 29.6 Å². The number of likely N-dealkylation sites (tertiary alicyclic amines) is 1. The zero-order valence-corrected chi connectivity index (χ0v) is 23.1. The third-order valence-corrected chi connectivity index (χ3v) is 8.60. The molecule has 3 aromatic rings. The van der Waals surface area contributed by atoms with Crippen molar-refractivity contribution in [3.63, 3.8) is 0 Å². The fourth-order valence-corrected chi connectivity index (χ4v) is 6.32. The van der Waals surface area contributed by atoms with Crippen LogP contribution in [0.4, 0.5) is 10.1 Å². The summed E-state index contributed by atoms with van der Waals surface area (Å²) in [4.78, 5) is 31.1. The van der Waals surface area contributed by atoms with Gasteiger partial charge in [-0.2, -0.15) is 0 Å². The van der Waals surface area contributed by atoms with Crippen LogP contribution in [0.3, 0.4) is 0 Å². The Morgan fingerprint density at radius 1 is 1.05 bits per heavy atom. The van der Waals surface area contributed by atoms with Gasteiger partial charge in [-0.25, -0.2) is 4.39 Å². The molecule has 0 aromatic heterocycles. The normalized spacial score (nSPS) is 17.3. The Hall–Kier alpha value is -3.42. The molecule has 5 nitrogen and oxygen atoms in total. The lowest BCUT2D eigenvalue weighted by molar-refractivity contribution is -0.114. The van der Waals surface area contributed by atoms with Gasteiger partial charge in [0.1, 0.15) is 5.82 Å². The second-order valence-electron chi connectivity index (χ2n) is 10.3. The number of carbonyl (C=O) groups excluding carboxylic acids is 2. The van der Waals surface area contributed by atoms with E-state index in [0.717, 1.165) is 43.3 Å². The maximum Gasteiger partial charge on any atom is 0.264 e. The Balaban J connectivity index is 1.10. The monoisotopic (exact) mass is 543 g/mol. The fraction of sp³-hybridized carbons (Fsp3) is 0.312. The van der Waals surface area contributed by atoms with Gasteiger partial charge in [-0.15, -0.1) is 0 Å². The summed E-state index contributed by atoms with van der Waals surface area (Å²) in [5.74, 6) is 0.0202. The van der Waals surface area contributed by atoms with Crippen LogP contribution in [0.25, 0.3) is 6.08 Å². The minimum atomic E-state index is -0.369. The Labute approximate surface area is 234 Å². The van der Waals surface area contributed by atoms with E-state index >= 15 is 0 Å². The molecule has 0 bridgehead atoms. The number of hydrogen-bond acceptors (Lipinski definition) is 4. The number of hydrogen-bond donors (Lipinski definition) is 1. The van der Waals surface area contributed by atoms with Gasteiger partial charge in [-0.3, -0.25) is 9.59 Å². The van der Waals surface area contributed by atoms with Crippen LogP contribution in [-0.4, -0.2) is 49.9 Å². The van der Waals surface area contributed by atoms with Crippen LogP contribution in [0.1, 0.15) is 40.7 Å². The highest BCUT2D eigenvalue weighted by Gasteiger charge is 2.27. The number of anilines is 1. The van der Waals surface area contributed by atoms with Gasteiger partial charge in [-0.1, -0.05) is 60.3 Å². The van der Waals surface area contributed by atoms with Gasteiger partial charge in [0.2, 0.25) is 0 Å². The maximum absolute atomic E-state index is 14.1. The minimum absolute atomic E-state index is 0.141. The van der Waals surface area contributed by atoms with Gasteiger partial charge in [0.25, 0.3) is 11.8 Å². The number of thioether (sulfide) groups is 1. The predicted octanol–water partition coefficient (Wildman–Crippen LogP) is 6.01. The molecule has 2 amide bonds. The van der Waals surface area contributed by atoms with E-state index in [1.165, 1.54) is 41.1 Å². The van der Waals surface area contributed by atoms with Gasteiger partial charge in [0.15, 0.2) is 0 Å². The second-order valence-corrected chi connectivity index (χ2v) is 11.3. The highest BCUT2D eigenvalue weighted by atomic mass is 32.2. The van der Waals surface area contributed by atoms with E-state index in [1.807, 2.05) is 6.07 Å². The van der Waals surface area contributed by atoms with Crippen molar-refractivity contribution in [2.45, 2.75) is 30.6 Å². The molecule has 0 saturated carbocycles. The Morgan fingerprint density at radius 2 is 1.79 bits per heavy atom. The zero-order chi connectivity index (χ0) is 27.2. The summed E-state index contributed by atoms with van der Waals surface area (Å²) in [6, 6.07) is 22.5. The average Bonchev–Trinajstić information content (AvgIpc) is 2.96. The van der Waals surface area contributed by atoms with E-state index in [1.54, 1.807) is 43.5 Å². The van der Waals surface area contributed by atoms with Crippen molar-refractivity contribution in [1.29, 1.82) is 0 Å². The van der Waals surface area contributed by atoms with Gasteiger partial charge >= 0.3 is 0 Å². The maximum atomic E-state index is 14.1. The Bertz CT molecular complexity index is 1350. The van der Waals surface area contributed by atoms with Crippen molar-refractivity contribution in [2.75, 3.05) is 38.1 Å². The molecule has 3 aromatic carbocycles. The summed E-state index contributed by atoms with van der Waals surface area (Å²) in [7, 11) is 1.68. The van der Waals surface area contributed by atoms with E-state index in [4.69, 9.17) is 0 Å². The topological polar surface area (TPSA) is 52.7 Å². The van der Waals surface area contributed by atoms with Crippen LogP contribution >= 0.6 is 11.8 Å². The molecule has 0 atom stereocenters. The number of piperidine rings is 1. The third kappa shape index (κ3) is 6.78. The van der Waals surface area contributed by atoms with Crippen molar-refractivity contribution in [2.24, 2.45) is 5.92 Å². The molecule has 1 N–H and O–H groups in total. The molecule has 5 rings (SSSR count). The summed E-state index contributed by atoms with van der Waals surface area (Å²) in [6.45, 7) is 3.82. The first-order chi connectivity index (χ1) is 19.0. The number of nitrogens with zero attached hydrogens (tertiary/aromatic N) is 2. The highest BCUT2D eigenvalue weighted by Crippen LogP contribution is 2.42. The molecular weight excluding hydrogens is 509 g/mol. The summed E-state index contributed by atoms with van der Waals surface area (Å²) in [5, 5.41) is 3.03. The summed E-state index contributed by atoms with van der Waals surface area (Å²) in [6.07, 6.45) is 6.08. The molecule has 39 heavy (non-hydrogen) atoms. The third-order valence-electron chi connectivity index (χ3n) is 7.52. The molecule has 7 heteroatoms. The van der Waals surface area contributed by atoms with E-state index in [-0.39, 0.29) is 17.6 Å². The van der Waals surface area contributed by atoms with Crippen molar-refractivity contribution < 1.29 is 14.0 Å². The molecule has 1 saturated heterocycles.